The van der Waals surface area contributed by atoms with E-state index in [1.165, 1.54) is 15.5 Å². The van der Waals surface area contributed by atoms with E-state index in [-0.39, 0.29) is 63.7 Å². The first-order chi connectivity index (χ1) is 39.0. The minimum Gasteiger partial charge on any atom is -0.387 e. The maximum absolute atomic E-state index is 13.4. The predicted octanol–water partition coefficient (Wildman–Crippen LogP) is -2.85. The third kappa shape index (κ3) is 12.6. The number of aliphatic hydroxyl groups excluding tert-OH is 4. The Labute approximate surface area is 471 Å². The Hall–Kier alpha value is -5.42. The molecular formula is C38H48ClN16O23P4S+. The summed E-state index contributed by atoms with van der Waals surface area (Å²) in [5.74, 6) is -1.11. The summed E-state index contributed by atoms with van der Waals surface area (Å²) in [5, 5.41) is 44.4. The molecule has 3 saturated heterocycles. The Morgan fingerprint density at radius 2 is 1.27 bits per heavy atom. The molecule has 6 aromatic heterocycles. The zero-order chi connectivity index (χ0) is 59.8. The average Bonchev–Trinajstić information content (AvgIpc) is 4.34. The number of anilines is 4. The molecule has 83 heavy (non-hydrogen) atoms. The van der Waals surface area contributed by atoms with Crippen molar-refractivity contribution >= 4 is 111 Å². The van der Waals surface area contributed by atoms with Crippen molar-refractivity contribution in [2.75, 3.05) is 49.9 Å². The first-order valence-electron chi connectivity index (χ1n) is 23.6. The number of H-pyrrole nitrogens is 2. The summed E-state index contributed by atoms with van der Waals surface area (Å²) < 4.78 is 97.5. The molecular weight excluding hydrogens is 1240 g/mol. The molecule has 0 spiro atoms. The van der Waals surface area contributed by atoms with Gasteiger partial charge >= 0.3 is 35.8 Å². The van der Waals surface area contributed by atoms with Gasteiger partial charge in [-0.25, -0.2) is 28.2 Å². The summed E-state index contributed by atoms with van der Waals surface area (Å²) in [6, 6.07) is 6.58. The van der Waals surface area contributed by atoms with Crippen LogP contribution in [-0.4, -0.2) is 175 Å². The predicted molar refractivity (Wildman–Crippen MR) is 280 cm³/mol. The molecule has 450 valence electrons. The molecule has 18 N–H and O–H groups in total. The molecule has 3 aliphatic heterocycles. The number of nitrogens with zero attached hydrogens (tertiary/aromatic N) is 10. The molecule has 3 aliphatic rings. The monoisotopic (exact) mass is 1290 g/mol. The van der Waals surface area contributed by atoms with Gasteiger partial charge < -0.3 is 86.4 Å². The van der Waals surface area contributed by atoms with Crippen molar-refractivity contribution in [3.8, 4) is 0 Å². The number of aliphatic hydroxyl groups is 4. The fraction of sp³-hybridized carbons (Fsp3) is 0.447. The van der Waals surface area contributed by atoms with Crippen molar-refractivity contribution < 1.29 is 104 Å². The number of hydrogen-bond donors (Lipinski definition) is 14. The first-order valence-corrected chi connectivity index (χ1v) is 31.1. The Bertz CT molecular complexity index is 3940. The Balaban J connectivity index is 0.805. The van der Waals surface area contributed by atoms with E-state index in [9.17, 15) is 63.3 Å². The van der Waals surface area contributed by atoms with E-state index in [1.54, 1.807) is 24.3 Å². The zero-order valence-electron chi connectivity index (χ0n) is 41.9. The van der Waals surface area contributed by atoms with Crippen molar-refractivity contribution in [2.45, 2.75) is 80.2 Å². The minimum absolute atomic E-state index is 0.00834. The number of nitrogen functional groups attached to an aromatic ring is 4. The van der Waals surface area contributed by atoms with E-state index in [4.69, 9.17) is 83.4 Å². The van der Waals surface area contributed by atoms with E-state index in [0.717, 1.165) is 28.9 Å². The number of phosphoric ester groups is 2. The topological polar surface area (TPSA) is 571 Å². The normalized spacial score (nSPS) is 28.7. The van der Waals surface area contributed by atoms with Gasteiger partial charge in [-0.05, 0) is 29.5 Å². The van der Waals surface area contributed by atoms with Crippen molar-refractivity contribution in [3.63, 3.8) is 0 Å². The summed E-state index contributed by atoms with van der Waals surface area (Å²) in [6.45, 7) is -7.78. The number of methoxy groups -OCH3 is 1. The maximum atomic E-state index is 13.4. The van der Waals surface area contributed by atoms with Gasteiger partial charge in [0.05, 0.1) is 39.0 Å². The van der Waals surface area contributed by atoms with Gasteiger partial charge in [0.1, 0.15) is 60.5 Å². The highest BCUT2D eigenvalue weighted by Gasteiger charge is 2.53. The fourth-order valence-corrected chi connectivity index (χ4v) is 14.3. The molecule has 45 heteroatoms. The molecule has 0 radical (unpaired) electrons. The highest BCUT2D eigenvalue weighted by atomic mass is 35.5. The highest BCUT2D eigenvalue weighted by Crippen LogP contribution is 2.68. The van der Waals surface area contributed by atoms with E-state index in [2.05, 4.69) is 48.5 Å². The molecule has 0 bridgehead atoms. The second-order valence-corrected chi connectivity index (χ2v) is 26.2. The summed E-state index contributed by atoms with van der Waals surface area (Å²) in [7, 11) is -16.9. The summed E-state index contributed by atoms with van der Waals surface area (Å²) in [4.78, 5) is 97.6. The summed E-state index contributed by atoms with van der Waals surface area (Å²) >= 11 is 11.3. The number of rotatable bonds is 21. The molecule has 39 nitrogen and oxygen atoms in total. The Morgan fingerprint density at radius 3 is 1.94 bits per heavy atom. The van der Waals surface area contributed by atoms with E-state index < -0.39 is 135 Å². The van der Waals surface area contributed by atoms with Gasteiger partial charge in [0.2, 0.25) is 23.6 Å². The van der Waals surface area contributed by atoms with Gasteiger partial charge in [-0.2, -0.15) is 23.6 Å². The number of nitrogens with one attached hydrogen (secondary N) is 2. The van der Waals surface area contributed by atoms with Gasteiger partial charge in [0.25, 0.3) is 17.1 Å². The van der Waals surface area contributed by atoms with Gasteiger partial charge in [-0.1, -0.05) is 28.7 Å². The van der Waals surface area contributed by atoms with Crippen molar-refractivity contribution in [1.82, 2.24) is 53.6 Å². The van der Waals surface area contributed by atoms with Gasteiger partial charge in [-0.3, -0.25) is 46.8 Å². The third-order valence-corrected chi connectivity index (χ3v) is 18.9. The number of nitrogens with two attached hydrogens (primary N) is 4. The average molecular weight is 1290 g/mol. The minimum atomic E-state index is -6.23. The van der Waals surface area contributed by atoms with Crippen LogP contribution >= 0.6 is 41.8 Å². The van der Waals surface area contributed by atoms with Crippen LogP contribution in [0, 0.1) is 0 Å². The van der Waals surface area contributed by atoms with Crippen molar-refractivity contribution in [2.24, 2.45) is 0 Å². The number of aromatic amines is 2. The van der Waals surface area contributed by atoms with Gasteiger partial charge in [-0.15, -0.1) is 0 Å². The number of halogens is 1. The van der Waals surface area contributed by atoms with Gasteiger partial charge in [0.15, 0.2) is 41.4 Å². The molecule has 9 heterocycles. The molecule has 0 amide bonds. The molecule has 0 saturated carbocycles. The van der Waals surface area contributed by atoms with Crippen LogP contribution in [0.1, 0.15) is 24.2 Å². The quantitative estimate of drug-likeness (QED) is 0.0254. The van der Waals surface area contributed by atoms with Crippen LogP contribution in [0.5, 0.6) is 0 Å². The largest absolute Gasteiger partial charge is 0.490 e. The molecule has 10 rings (SSSR count). The second-order valence-electron chi connectivity index (χ2n) is 18.3. The zero-order valence-corrected chi connectivity index (χ0v) is 47.0. The summed E-state index contributed by atoms with van der Waals surface area (Å²) in [6.07, 6.45) is -16.3. The molecule has 3 fully saturated rings. The Morgan fingerprint density at radius 1 is 0.699 bits per heavy atom. The van der Waals surface area contributed by atoms with Crippen LogP contribution in [0.15, 0.2) is 52.8 Å². The van der Waals surface area contributed by atoms with Gasteiger partial charge in [0, 0.05) is 12.1 Å². The lowest BCUT2D eigenvalue weighted by molar-refractivity contribution is -0.745. The van der Waals surface area contributed by atoms with Crippen LogP contribution < -0.4 is 38.6 Å². The van der Waals surface area contributed by atoms with Crippen LogP contribution in [0.2, 0.25) is 5.02 Å². The van der Waals surface area contributed by atoms with Crippen molar-refractivity contribution in [1.29, 1.82) is 0 Å². The Kier molecular flexibility index (Phi) is 16.9. The highest BCUT2D eigenvalue weighted by molar-refractivity contribution is 8.07. The molecule has 16 unspecified atom stereocenters. The lowest BCUT2D eigenvalue weighted by Gasteiger charge is -2.28. The van der Waals surface area contributed by atoms with Crippen LogP contribution in [-0.2, 0) is 77.7 Å². The molecule has 0 aliphatic carbocycles. The number of imidazole rings is 3. The lowest BCUT2D eigenvalue weighted by Crippen LogP contribution is -2.46. The van der Waals surface area contributed by atoms with E-state index >= 15 is 0 Å². The maximum Gasteiger partial charge on any atom is 0.490 e. The number of ether oxygens (including phenoxy) is 4. The number of phosphoric acid groups is 3. The van der Waals surface area contributed by atoms with Crippen LogP contribution in [0.4, 0.5) is 23.7 Å². The molecule has 7 aromatic rings. The van der Waals surface area contributed by atoms with Crippen LogP contribution in [0.3, 0.4) is 0 Å². The first kappa shape index (κ1) is 60.7. The number of hydrogen-bond acceptors (Lipinski definition) is 30. The number of aromatic nitrogens is 12. The van der Waals surface area contributed by atoms with E-state index in [1.807, 2.05) is 0 Å². The fourth-order valence-electron chi connectivity index (χ4n) is 9.19. The number of benzene rings is 1. The smallest absolute Gasteiger partial charge is 0.387 e. The third-order valence-electron chi connectivity index (χ3n) is 12.8. The summed E-state index contributed by atoms with van der Waals surface area (Å²) in [5.41, 5.74) is 22.1. The number of fused-ring (bicyclic) bond motifs is 3. The van der Waals surface area contributed by atoms with Crippen LogP contribution in [0.25, 0.3) is 33.5 Å². The van der Waals surface area contributed by atoms with Crippen molar-refractivity contribution in [3.05, 3.63) is 74.5 Å². The molecule has 16 atom stereocenters. The molecule has 1 aromatic carbocycles. The standard InChI is InChI=1S/C38H47ClN16O23P4S/c1-69-26-25(76-82(68,83)72-8-16-22(57)23(58)33(73-16)53-11-45-19-29(53)48-37(42)50-31(19)60)17(75-35(26)54-10-44-18-27(40)46-36(41)47-28(18)54)9-71-80(64,65)78-81(66,67)77-79(62,63)70-7-15-21(56)24(59)34(74-15)55-12-52(6-13-2-4-14(39)5-3-13)20-30(55)49-38(43)51-32(20)61/h2-5,10-12,15-17,21-26,33-35,56-59H,6-9H2,1H3,(H13-,40,41,42,43,46,47,48,49,50,51,60,61,62,63,64,65,66,67,68,83)/p+1. The SMILES string of the molecule is COC1C(OP(O)(=S)OCC2OC(n3cnc4c(=O)[nH]c(N)nc43)C(O)C2O)C(COP(=O)(O)OP(=O)(O)OP(=O)(O)OCC2OC([n+]3cn(Cc4ccc(Cl)cc4)c4c(=O)[nH]c(N)nc43)C(O)C2O)OC1n1cnc2c(N)nc(N)nc21. The van der Waals surface area contributed by atoms with E-state index in [0.29, 0.717) is 10.6 Å². The lowest BCUT2D eigenvalue weighted by atomic mass is 10.1. The second kappa shape index (κ2) is 23.1.